The molecule has 2 heterocycles. The van der Waals surface area contributed by atoms with Gasteiger partial charge in [0.1, 0.15) is 0 Å². The second kappa shape index (κ2) is 6.54. The Bertz CT molecular complexity index is 507. The maximum atomic E-state index is 12.3. The number of likely N-dealkylation sites (tertiary alicyclic amines) is 1. The molecule has 2 amide bonds. The molecule has 0 saturated carbocycles. The van der Waals surface area contributed by atoms with Gasteiger partial charge in [-0.25, -0.2) is 4.79 Å². The van der Waals surface area contributed by atoms with Crippen molar-refractivity contribution in [3.8, 4) is 0 Å². The van der Waals surface area contributed by atoms with E-state index in [1.165, 1.54) is 0 Å². The van der Waals surface area contributed by atoms with Crippen LogP contribution < -0.4 is 5.32 Å². The average molecular weight is 342 g/mol. The van der Waals surface area contributed by atoms with Gasteiger partial charge in [-0.1, -0.05) is 0 Å². The van der Waals surface area contributed by atoms with Crippen LogP contribution in [0, 0.1) is 13.8 Å². The van der Waals surface area contributed by atoms with E-state index in [-0.39, 0.29) is 12.1 Å². The maximum Gasteiger partial charge on any atom is 0.321 e. The van der Waals surface area contributed by atoms with Gasteiger partial charge in [0, 0.05) is 24.7 Å². The molecule has 6 heteroatoms. The van der Waals surface area contributed by atoms with Crippen LogP contribution in [0.5, 0.6) is 0 Å². The van der Waals surface area contributed by atoms with E-state index in [0.29, 0.717) is 6.54 Å². The molecule has 5 nitrogen and oxygen atoms in total. The Hall–Kier alpha value is -1.14. The Morgan fingerprint density at radius 1 is 1.55 bits per heavy atom. The van der Waals surface area contributed by atoms with Gasteiger partial charge in [-0.05, 0) is 48.2 Å². The van der Waals surface area contributed by atoms with Crippen LogP contribution in [-0.4, -0.2) is 42.2 Å². The number of hydrogen-bond donors (Lipinski definition) is 1. The summed E-state index contributed by atoms with van der Waals surface area (Å²) in [6.07, 6.45) is 3.82. The molecule has 1 unspecified atom stereocenters. The Kier molecular flexibility index (Phi) is 4.99. The molecular weight excluding hydrogens is 322 g/mol. The highest BCUT2D eigenvalue weighted by Crippen LogP contribution is 2.26. The number of methoxy groups -OCH3 is 1. The van der Waals surface area contributed by atoms with Crippen molar-refractivity contribution in [2.24, 2.45) is 0 Å². The molecular formula is C14H20BrN3O2. The molecule has 1 atom stereocenters. The third-order valence-electron chi connectivity index (χ3n) is 3.68. The molecule has 1 aromatic heterocycles. The molecule has 0 spiro atoms. The largest absolute Gasteiger partial charge is 0.380 e. The molecule has 0 bridgehead atoms. The smallest absolute Gasteiger partial charge is 0.321 e. The molecule has 0 aliphatic carbocycles. The number of carbonyl (C=O) groups excluding carboxylic acids is 1. The Balaban J connectivity index is 2.06. The highest BCUT2D eigenvalue weighted by atomic mass is 79.9. The van der Waals surface area contributed by atoms with Crippen LogP contribution in [0.25, 0.3) is 0 Å². The quantitative estimate of drug-likeness (QED) is 0.899. The van der Waals surface area contributed by atoms with E-state index in [2.05, 4.69) is 26.2 Å². The molecule has 1 aliphatic heterocycles. The summed E-state index contributed by atoms with van der Waals surface area (Å²) in [5.74, 6) is 0. The molecule has 1 fully saturated rings. The van der Waals surface area contributed by atoms with Crippen LogP contribution in [0.4, 0.5) is 10.5 Å². The summed E-state index contributed by atoms with van der Waals surface area (Å²) in [5.41, 5.74) is 2.65. The van der Waals surface area contributed by atoms with Crippen molar-refractivity contribution in [1.29, 1.82) is 0 Å². The van der Waals surface area contributed by atoms with Crippen molar-refractivity contribution in [3.05, 3.63) is 21.9 Å². The van der Waals surface area contributed by atoms with Crippen LogP contribution in [0.15, 0.2) is 10.7 Å². The number of carbonyl (C=O) groups is 1. The number of nitrogens with one attached hydrogen (secondary N) is 1. The summed E-state index contributed by atoms with van der Waals surface area (Å²) in [5, 5.41) is 2.93. The van der Waals surface area contributed by atoms with E-state index in [1.807, 2.05) is 13.8 Å². The van der Waals surface area contributed by atoms with E-state index >= 15 is 0 Å². The van der Waals surface area contributed by atoms with E-state index < -0.39 is 0 Å². The topological polar surface area (TPSA) is 54.5 Å². The zero-order chi connectivity index (χ0) is 14.7. The number of aryl methyl sites for hydroxylation is 1. The standard InChI is InChI=1S/C14H20BrN3O2/c1-9-12(7-16-10(2)13(9)15)17-14(19)18-6-4-5-11(8-18)20-3/h7,11H,4-6,8H2,1-3H3,(H,17,19). The first-order valence-corrected chi connectivity index (χ1v) is 7.52. The summed E-state index contributed by atoms with van der Waals surface area (Å²) in [6.45, 7) is 5.30. The van der Waals surface area contributed by atoms with E-state index in [9.17, 15) is 4.79 Å². The fraction of sp³-hybridized carbons (Fsp3) is 0.571. The molecule has 0 radical (unpaired) electrons. The predicted octanol–water partition coefficient (Wildman–Crippen LogP) is 3.10. The van der Waals surface area contributed by atoms with Crippen LogP contribution in [0.3, 0.4) is 0 Å². The maximum absolute atomic E-state index is 12.3. The number of aromatic nitrogens is 1. The van der Waals surface area contributed by atoms with Gasteiger partial charge in [-0.3, -0.25) is 4.98 Å². The first-order chi connectivity index (χ1) is 9.52. The number of halogens is 1. The Morgan fingerprint density at radius 2 is 2.30 bits per heavy atom. The number of anilines is 1. The minimum atomic E-state index is -0.0904. The van der Waals surface area contributed by atoms with Crippen molar-refractivity contribution < 1.29 is 9.53 Å². The number of pyridine rings is 1. The van der Waals surface area contributed by atoms with Gasteiger partial charge in [0.15, 0.2) is 0 Å². The first kappa shape index (κ1) is 15.3. The number of hydrogen-bond acceptors (Lipinski definition) is 3. The Morgan fingerprint density at radius 3 is 3.00 bits per heavy atom. The van der Waals surface area contributed by atoms with E-state index in [0.717, 1.165) is 40.8 Å². The fourth-order valence-corrected chi connectivity index (χ4v) is 2.66. The normalized spacial score (nSPS) is 19.0. The third kappa shape index (κ3) is 3.30. The van der Waals surface area contributed by atoms with Crippen LogP contribution in [0.1, 0.15) is 24.1 Å². The lowest BCUT2D eigenvalue weighted by Gasteiger charge is -2.32. The molecule has 1 aromatic rings. The summed E-state index contributed by atoms with van der Waals surface area (Å²) >= 11 is 3.49. The highest BCUT2D eigenvalue weighted by Gasteiger charge is 2.23. The average Bonchev–Trinajstić information content (AvgIpc) is 2.48. The lowest BCUT2D eigenvalue weighted by atomic mass is 10.1. The number of amides is 2. The predicted molar refractivity (Wildman–Crippen MR) is 82.0 cm³/mol. The lowest BCUT2D eigenvalue weighted by molar-refractivity contribution is 0.0458. The third-order valence-corrected chi connectivity index (χ3v) is 4.85. The number of urea groups is 1. The van der Waals surface area contributed by atoms with Crippen LogP contribution in [0.2, 0.25) is 0 Å². The highest BCUT2D eigenvalue weighted by molar-refractivity contribution is 9.10. The van der Waals surface area contributed by atoms with Gasteiger partial charge in [-0.15, -0.1) is 0 Å². The number of nitrogens with zero attached hydrogens (tertiary/aromatic N) is 2. The molecule has 110 valence electrons. The van der Waals surface area contributed by atoms with Crippen LogP contribution in [-0.2, 0) is 4.74 Å². The van der Waals surface area contributed by atoms with Gasteiger partial charge < -0.3 is 15.0 Å². The minimum Gasteiger partial charge on any atom is -0.380 e. The summed E-state index contributed by atoms with van der Waals surface area (Å²) in [4.78, 5) is 18.4. The minimum absolute atomic E-state index is 0.0904. The van der Waals surface area contributed by atoms with Crippen molar-refractivity contribution in [2.45, 2.75) is 32.8 Å². The van der Waals surface area contributed by atoms with Gasteiger partial charge in [0.2, 0.25) is 0 Å². The summed E-state index contributed by atoms with van der Waals surface area (Å²) in [6, 6.07) is -0.0904. The summed E-state index contributed by atoms with van der Waals surface area (Å²) in [7, 11) is 1.69. The van der Waals surface area contributed by atoms with Crippen molar-refractivity contribution in [1.82, 2.24) is 9.88 Å². The Labute approximate surface area is 127 Å². The zero-order valence-electron chi connectivity index (χ0n) is 12.1. The SMILES string of the molecule is COC1CCCN(C(=O)Nc2cnc(C)c(Br)c2C)C1. The molecule has 0 aromatic carbocycles. The monoisotopic (exact) mass is 341 g/mol. The van der Waals surface area contributed by atoms with E-state index in [1.54, 1.807) is 18.2 Å². The van der Waals surface area contributed by atoms with Crippen molar-refractivity contribution in [2.75, 3.05) is 25.5 Å². The van der Waals surface area contributed by atoms with Gasteiger partial charge in [0.05, 0.1) is 23.7 Å². The van der Waals surface area contributed by atoms with E-state index in [4.69, 9.17) is 4.74 Å². The second-order valence-corrected chi connectivity index (χ2v) is 5.87. The lowest BCUT2D eigenvalue weighted by Crippen LogP contribution is -2.45. The fourth-order valence-electron chi connectivity index (χ4n) is 2.34. The molecule has 1 saturated heterocycles. The number of rotatable bonds is 2. The van der Waals surface area contributed by atoms with Crippen molar-refractivity contribution >= 4 is 27.6 Å². The summed E-state index contributed by atoms with van der Waals surface area (Å²) < 4.78 is 6.27. The van der Waals surface area contributed by atoms with Gasteiger partial charge in [-0.2, -0.15) is 0 Å². The van der Waals surface area contributed by atoms with Gasteiger partial charge in [0.25, 0.3) is 0 Å². The molecule has 20 heavy (non-hydrogen) atoms. The molecule has 1 aliphatic rings. The second-order valence-electron chi connectivity index (χ2n) is 5.07. The molecule has 1 N–H and O–H groups in total. The first-order valence-electron chi connectivity index (χ1n) is 6.73. The number of piperidine rings is 1. The van der Waals surface area contributed by atoms with Gasteiger partial charge >= 0.3 is 6.03 Å². The zero-order valence-corrected chi connectivity index (χ0v) is 13.7. The molecule has 2 rings (SSSR count). The van der Waals surface area contributed by atoms with Crippen molar-refractivity contribution in [3.63, 3.8) is 0 Å². The van der Waals surface area contributed by atoms with Crippen LogP contribution >= 0.6 is 15.9 Å². The number of ether oxygens (including phenoxy) is 1.